The first-order valence-electron chi connectivity index (χ1n) is 5.91. The molecule has 2 rings (SSSR count). The molecule has 0 spiro atoms. The summed E-state index contributed by atoms with van der Waals surface area (Å²) in [6, 6.07) is 9.83. The van der Waals surface area contributed by atoms with Crippen molar-refractivity contribution in [2.75, 3.05) is 7.11 Å². The van der Waals surface area contributed by atoms with Crippen LogP contribution in [0, 0.1) is 10.1 Å². The average molecular weight is 373 g/mol. The van der Waals surface area contributed by atoms with Crippen molar-refractivity contribution in [3.05, 3.63) is 61.6 Å². The summed E-state index contributed by atoms with van der Waals surface area (Å²) in [4.78, 5) is 10.4. The van der Waals surface area contributed by atoms with Crippen molar-refractivity contribution in [1.29, 1.82) is 0 Å². The Hall–Kier alpha value is -1.79. The van der Waals surface area contributed by atoms with Gasteiger partial charge in [-0.15, -0.1) is 0 Å². The van der Waals surface area contributed by atoms with Crippen LogP contribution in [0.15, 0.2) is 40.9 Å². The molecule has 7 heteroatoms. The van der Waals surface area contributed by atoms with E-state index in [1.165, 1.54) is 12.1 Å². The summed E-state index contributed by atoms with van der Waals surface area (Å²) in [5.41, 5.74) is 0.673. The second kappa shape index (κ2) is 6.78. The molecule has 0 saturated carbocycles. The Kier molecular flexibility index (Phi) is 5.03. The second-order valence-corrected chi connectivity index (χ2v) is 5.36. The fraction of sp³-hybridized carbons (Fsp3) is 0.143. The van der Waals surface area contributed by atoms with E-state index in [9.17, 15) is 10.1 Å². The fourth-order valence-corrected chi connectivity index (χ4v) is 2.55. The molecule has 0 amide bonds. The Labute approximate surface area is 134 Å². The highest BCUT2D eigenvalue weighted by atomic mass is 79.9. The number of hydrogen-bond donors (Lipinski definition) is 0. The van der Waals surface area contributed by atoms with E-state index >= 15 is 0 Å². The molecule has 0 radical (unpaired) electrons. The van der Waals surface area contributed by atoms with E-state index in [1.54, 1.807) is 19.2 Å². The molecule has 0 N–H and O–H groups in total. The third-order valence-corrected chi connectivity index (χ3v) is 3.66. The highest BCUT2D eigenvalue weighted by molar-refractivity contribution is 9.10. The number of nitrogens with zero attached hydrogens (tertiary/aromatic N) is 1. The van der Waals surface area contributed by atoms with Crippen LogP contribution in [0.1, 0.15) is 5.56 Å². The second-order valence-electron chi connectivity index (χ2n) is 4.10. The zero-order valence-electron chi connectivity index (χ0n) is 11.0. The third-order valence-electron chi connectivity index (χ3n) is 2.74. The Morgan fingerprint density at radius 2 is 2.10 bits per heavy atom. The Morgan fingerprint density at radius 1 is 1.33 bits per heavy atom. The number of halogens is 2. The van der Waals surface area contributed by atoms with Crippen molar-refractivity contribution in [2.45, 2.75) is 6.61 Å². The summed E-state index contributed by atoms with van der Waals surface area (Å²) in [6.45, 7) is 0.160. The summed E-state index contributed by atoms with van der Waals surface area (Å²) in [6.07, 6.45) is 0. The maximum Gasteiger partial charge on any atom is 0.312 e. The van der Waals surface area contributed by atoms with Crippen molar-refractivity contribution in [3.8, 4) is 11.5 Å². The maximum atomic E-state index is 11.0. The number of para-hydroxylation sites is 1. The quantitative estimate of drug-likeness (QED) is 0.568. The van der Waals surface area contributed by atoms with Gasteiger partial charge in [-0.2, -0.15) is 0 Å². The van der Waals surface area contributed by atoms with Gasteiger partial charge in [0, 0.05) is 6.07 Å². The first kappa shape index (κ1) is 15.6. The molecule has 0 aliphatic heterocycles. The van der Waals surface area contributed by atoms with Gasteiger partial charge in [-0.05, 0) is 39.7 Å². The lowest BCUT2D eigenvalue weighted by molar-refractivity contribution is -0.385. The van der Waals surface area contributed by atoms with Crippen LogP contribution in [0.25, 0.3) is 0 Å². The third kappa shape index (κ3) is 3.65. The maximum absolute atomic E-state index is 11.0. The van der Waals surface area contributed by atoms with Gasteiger partial charge in [0.1, 0.15) is 12.4 Å². The molecule has 0 unspecified atom stereocenters. The van der Waals surface area contributed by atoms with Gasteiger partial charge < -0.3 is 9.47 Å². The fourth-order valence-electron chi connectivity index (χ4n) is 1.74. The molecule has 0 saturated heterocycles. The minimum atomic E-state index is -0.523. The SMILES string of the molecule is COc1ccc(COc2c(Cl)cccc2[N+](=O)[O-])cc1Br. The van der Waals surface area contributed by atoms with Crippen LogP contribution in [-0.2, 0) is 6.61 Å². The van der Waals surface area contributed by atoms with Gasteiger partial charge in [0.05, 0.1) is 21.5 Å². The molecule has 2 aromatic carbocycles. The molecule has 5 nitrogen and oxygen atoms in total. The highest BCUT2D eigenvalue weighted by Crippen LogP contribution is 2.35. The Balaban J connectivity index is 2.20. The van der Waals surface area contributed by atoms with Crippen LogP contribution in [0.4, 0.5) is 5.69 Å². The molecule has 0 heterocycles. The van der Waals surface area contributed by atoms with E-state index in [4.69, 9.17) is 21.1 Å². The van der Waals surface area contributed by atoms with E-state index in [2.05, 4.69) is 15.9 Å². The Morgan fingerprint density at radius 3 is 2.71 bits per heavy atom. The molecule has 0 aliphatic carbocycles. The highest BCUT2D eigenvalue weighted by Gasteiger charge is 2.18. The molecular formula is C14H11BrClNO4. The Bertz CT molecular complexity index is 678. The summed E-state index contributed by atoms with van der Waals surface area (Å²) >= 11 is 9.33. The number of ether oxygens (including phenoxy) is 2. The monoisotopic (exact) mass is 371 g/mol. The molecule has 0 aromatic heterocycles. The van der Waals surface area contributed by atoms with Crippen LogP contribution in [0.2, 0.25) is 5.02 Å². The molecule has 21 heavy (non-hydrogen) atoms. The van der Waals surface area contributed by atoms with Gasteiger partial charge in [-0.3, -0.25) is 10.1 Å². The van der Waals surface area contributed by atoms with Crippen molar-refractivity contribution in [2.24, 2.45) is 0 Å². The molecule has 110 valence electrons. The van der Waals surface area contributed by atoms with Crippen LogP contribution in [-0.4, -0.2) is 12.0 Å². The number of nitro groups is 1. The average Bonchev–Trinajstić information content (AvgIpc) is 2.45. The zero-order chi connectivity index (χ0) is 15.4. The van der Waals surface area contributed by atoms with Crippen LogP contribution in [0.5, 0.6) is 11.5 Å². The molecule has 0 aliphatic rings. The zero-order valence-corrected chi connectivity index (χ0v) is 13.3. The number of methoxy groups -OCH3 is 1. The number of benzene rings is 2. The summed E-state index contributed by atoms with van der Waals surface area (Å²) in [5, 5.41) is 11.2. The van der Waals surface area contributed by atoms with Gasteiger partial charge in [0.2, 0.25) is 5.75 Å². The molecular weight excluding hydrogens is 362 g/mol. The van der Waals surface area contributed by atoms with E-state index in [1.807, 2.05) is 12.1 Å². The predicted octanol–water partition coefficient (Wildman–Crippen LogP) is 4.60. The van der Waals surface area contributed by atoms with E-state index in [0.717, 1.165) is 10.0 Å². The normalized spacial score (nSPS) is 10.2. The topological polar surface area (TPSA) is 61.6 Å². The van der Waals surface area contributed by atoms with Crippen molar-refractivity contribution >= 4 is 33.2 Å². The van der Waals surface area contributed by atoms with Gasteiger partial charge in [-0.25, -0.2) is 0 Å². The van der Waals surface area contributed by atoms with Crippen molar-refractivity contribution in [3.63, 3.8) is 0 Å². The lowest BCUT2D eigenvalue weighted by atomic mass is 10.2. The van der Waals surface area contributed by atoms with Gasteiger partial charge in [-0.1, -0.05) is 23.7 Å². The lowest BCUT2D eigenvalue weighted by Gasteiger charge is -2.10. The van der Waals surface area contributed by atoms with E-state index in [-0.39, 0.29) is 23.1 Å². The van der Waals surface area contributed by atoms with Crippen LogP contribution < -0.4 is 9.47 Å². The van der Waals surface area contributed by atoms with Gasteiger partial charge >= 0.3 is 5.69 Å². The smallest absolute Gasteiger partial charge is 0.312 e. The summed E-state index contributed by atoms with van der Waals surface area (Å²) in [7, 11) is 1.57. The molecule has 2 aromatic rings. The van der Waals surface area contributed by atoms with Gasteiger partial charge in [0.25, 0.3) is 0 Å². The van der Waals surface area contributed by atoms with Gasteiger partial charge in [0.15, 0.2) is 0 Å². The summed E-state index contributed by atoms with van der Waals surface area (Å²) in [5.74, 6) is 0.763. The first-order valence-corrected chi connectivity index (χ1v) is 7.08. The number of rotatable bonds is 5. The van der Waals surface area contributed by atoms with E-state index in [0.29, 0.717) is 5.75 Å². The molecule has 0 atom stereocenters. The minimum absolute atomic E-state index is 0.0658. The van der Waals surface area contributed by atoms with E-state index < -0.39 is 4.92 Å². The largest absolute Gasteiger partial charge is 0.496 e. The number of nitro benzene ring substituents is 1. The van der Waals surface area contributed by atoms with Crippen LogP contribution in [0.3, 0.4) is 0 Å². The van der Waals surface area contributed by atoms with Crippen molar-refractivity contribution in [1.82, 2.24) is 0 Å². The summed E-state index contributed by atoms with van der Waals surface area (Å²) < 4.78 is 11.4. The minimum Gasteiger partial charge on any atom is -0.496 e. The van der Waals surface area contributed by atoms with Crippen molar-refractivity contribution < 1.29 is 14.4 Å². The first-order chi connectivity index (χ1) is 10.0. The molecule has 0 fully saturated rings. The molecule has 0 bridgehead atoms. The standard InChI is InChI=1S/C14H11BrClNO4/c1-20-13-6-5-9(7-10(13)15)8-21-14-11(16)3-2-4-12(14)17(18)19/h2-7H,8H2,1H3. The number of hydrogen-bond acceptors (Lipinski definition) is 4. The lowest BCUT2D eigenvalue weighted by Crippen LogP contribution is -2.00. The predicted molar refractivity (Wildman–Crippen MR) is 83.1 cm³/mol. The van der Waals surface area contributed by atoms with Crippen LogP contribution >= 0.6 is 27.5 Å².